The molecule has 0 saturated heterocycles. The Morgan fingerprint density at radius 1 is 1.32 bits per heavy atom. The van der Waals surface area contributed by atoms with E-state index in [1.807, 2.05) is 14.0 Å². The van der Waals surface area contributed by atoms with Crippen molar-refractivity contribution in [3.8, 4) is 0 Å². The maximum atomic E-state index is 12.2. The van der Waals surface area contributed by atoms with Crippen molar-refractivity contribution in [3.63, 3.8) is 0 Å². The van der Waals surface area contributed by atoms with Gasteiger partial charge in [0.25, 0.3) is 10.0 Å². The maximum absolute atomic E-state index is 12.2. The third-order valence-corrected chi connectivity index (χ3v) is 5.12. The minimum absolute atomic E-state index is 0.0305. The van der Waals surface area contributed by atoms with Crippen LogP contribution in [0, 0.1) is 0 Å². The molecule has 1 aromatic heterocycles. The van der Waals surface area contributed by atoms with Crippen LogP contribution in [0.5, 0.6) is 0 Å². The molecule has 2 rings (SSSR count). The molecule has 0 spiro atoms. The molecule has 1 saturated carbocycles. The molecule has 0 aliphatic heterocycles. The van der Waals surface area contributed by atoms with Crippen LogP contribution in [0.2, 0.25) is 0 Å². The summed E-state index contributed by atoms with van der Waals surface area (Å²) in [4.78, 5) is 6.87. The quantitative estimate of drug-likeness (QED) is 0.746. The molecule has 1 heterocycles. The average Bonchev–Trinajstić information content (AvgIpc) is 2.89. The number of aromatic nitrogens is 2. The standard InChI is InChI=1S/C12H22N4O2S/c1-3-11-14-8-12(15-11)19(17,18)16-10-6-4-9(13-2)5-7-10/h8-10,13,16H,3-7H2,1-2H3,(H,14,15). The predicted octanol–water partition coefficient (Wildman–Crippen LogP) is 0.781. The van der Waals surface area contributed by atoms with Crippen LogP contribution in [0.3, 0.4) is 0 Å². The molecule has 0 unspecified atom stereocenters. The number of nitrogens with zero attached hydrogens (tertiary/aromatic N) is 1. The molecule has 1 aliphatic rings. The number of aryl methyl sites for hydroxylation is 1. The van der Waals surface area contributed by atoms with E-state index in [0.29, 0.717) is 18.3 Å². The molecular weight excluding hydrogens is 264 g/mol. The second-order valence-corrected chi connectivity index (χ2v) is 6.69. The summed E-state index contributed by atoms with van der Waals surface area (Å²) >= 11 is 0. The van der Waals surface area contributed by atoms with Crippen LogP contribution in [-0.2, 0) is 16.4 Å². The zero-order valence-electron chi connectivity index (χ0n) is 11.4. The van der Waals surface area contributed by atoms with E-state index in [9.17, 15) is 8.42 Å². The number of rotatable bonds is 5. The summed E-state index contributed by atoms with van der Waals surface area (Å²) in [5.41, 5.74) is 0. The van der Waals surface area contributed by atoms with Gasteiger partial charge in [0.15, 0.2) is 5.03 Å². The lowest BCUT2D eigenvalue weighted by atomic mass is 9.92. The van der Waals surface area contributed by atoms with Crippen molar-refractivity contribution in [1.82, 2.24) is 20.0 Å². The SMILES string of the molecule is CCc1ncc(S(=O)(=O)NC2CCC(NC)CC2)[nH]1. The van der Waals surface area contributed by atoms with Crippen molar-refractivity contribution in [2.75, 3.05) is 7.05 Å². The molecule has 108 valence electrons. The molecule has 1 aliphatic carbocycles. The van der Waals surface area contributed by atoms with E-state index in [4.69, 9.17) is 0 Å². The van der Waals surface area contributed by atoms with Gasteiger partial charge in [0, 0.05) is 18.5 Å². The van der Waals surface area contributed by atoms with Crippen molar-refractivity contribution in [2.24, 2.45) is 0 Å². The summed E-state index contributed by atoms with van der Waals surface area (Å²) in [6, 6.07) is 0.544. The molecular formula is C12H22N4O2S. The minimum Gasteiger partial charge on any atom is -0.332 e. The third kappa shape index (κ3) is 3.55. The third-order valence-electron chi connectivity index (χ3n) is 3.69. The molecule has 0 aromatic carbocycles. The lowest BCUT2D eigenvalue weighted by molar-refractivity contribution is 0.342. The van der Waals surface area contributed by atoms with Crippen molar-refractivity contribution < 1.29 is 8.42 Å². The largest absolute Gasteiger partial charge is 0.332 e. The van der Waals surface area contributed by atoms with Crippen molar-refractivity contribution in [3.05, 3.63) is 12.0 Å². The lowest BCUT2D eigenvalue weighted by Gasteiger charge is -2.28. The number of H-pyrrole nitrogens is 1. The predicted molar refractivity (Wildman–Crippen MR) is 73.4 cm³/mol. The minimum atomic E-state index is -3.46. The average molecular weight is 286 g/mol. The normalized spacial score (nSPS) is 24.5. The van der Waals surface area contributed by atoms with Crippen LogP contribution in [0.4, 0.5) is 0 Å². The van der Waals surface area contributed by atoms with E-state index in [1.54, 1.807) is 0 Å². The highest BCUT2D eigenvalue weighted by atomic mass is 32.2. The molecule has 0 amide bonds. The molecule has 19 heavy (non-hydrogen) atoms. The highest BCUT2D eigenvalue weighted by molar-refractivity contribution is 7.89. The monoisotopic (exact) mass is 286 g/mol. The fraction of sp³-hybridized carbons (Fsp3) is 0.750. The lowest BCUT2D eigenvalue weighted by Crippen LogP contribution is -2.41. The van der Waals surface area contributed by atoms with Gasteiger partial charge in [0.05, 0.1) is 6.20 Å². The van der Waals surface area contributed by atoms with Crippen molar-refractivity contribution in [1.29, 1.82) is 0 Å². The summed E-state index contributed by atoms with van der Waals surface area (Å²) in [5.74, 6) is 0.694. The molecule has 0 radical (unpaired) electrons. The van der Waals surface area contributed by atoms with Crippen LogP contribution < -0.4 is 10.0 Å². The highest BCUT2D eigenvalue weighted by Gasteiger charge is 2.26. The first kappa shape index (κ1) is 14.5. The molecule has 3 N–H and O–H groups in total. The van der Waals surface area contributed by atoms with E-state index in [2.05, 4.69) is 20.0 Å². The van der Waals surface area contributed by atoms with E-state index < -0.39 is 10.0 Å². The number of nitrogens with one attached hydrogen (secondary N) is 3. The van der Waals surface area contributed by atoms with Gasteiger partial charge in [-0.15, -0.1) is 0 Å². The Bertz CT molecular complexity index is 504. The molecule has 1 fully saturated rings. The molecule has 1 aromatic rings. The summed E-state index contributed by atoms with van der Waals surface area (Å²) in [6.07, 6.45) is 5.85. The van der Waals surface area contributed by atoms with Gasteiger partial charge >= 0.3 is 0 Å². The second kappa shape index (κ2) is 6.02. The Hall–Kier alpha value is -0.920. The van der Waals surface area contributed by atoms with Gasteiger partial charge in [-0.1, -0.05) is 6.92 Å². The number of aromatic amines is 1. The Kier molecular flexibility index (Phi) is 4.59. The van der Waals surface area contributed by atoms with Gasteiger partial charge in [-0.3, -0.25) is 0 Å². The fourth-order valence-electron chi connectivity index (χ4n) is 2.44. The Labute approximate surface area is 114 Å². The summed E-state index contributed by atoms with van der Waals surface area (Å²) < 4.78 is 27.1. The van der Waals surface area contributed by atoms with Crippen LogP contribution >= 0.6 is 0 Å². The van der Waals surface area contributed by atoms with E-state index in [0.717, 1.165) is 25.7 Å². The summed E-state index contributed by atoms with van der Waals surface area (Å²) in [7, 11) is -1.51. The first-order chi connectivity index (χ1) is 9.05. The summed E-state index contributed by atoms with van der Waals surface area (Å²) in [5, 5.41) is 3.40. The van der Waals surface area contributed by atoms with E-state index >= 15 is 0 Å². The molecule has 0 atom stereocenters. The Balaban J connectivity index is 1.98. The van der Waals surface area contributed by atoms with Gasteiger partial charge in [0.1, 0.15) is 5.82 Å². The van der Waals surface area contributed by atoms with Gasteiger partial charge < -0.3 is 10.3 Å². The maximum Gasteiger partial charge on any atom is 0.257 e. The number of hydrogen-bond donors (Lipinski definition) is 3. The number of sulfonamides is 1. The molecule has 7 heteroatoms. The smallest absolute Gasteiger partial charge is 0.257 e. The first-order valence-electron chi connectivity index (χ1n) is 6.78. The number of imidazole rings is 1. The second-order valence-electron chi connectivity index (χ2n) is 5.01. The number of hydrogen-bond acceptors (Lipinski definition) is 4. The van der Waals surface area contributed by atoms with Crippen LogP contribution in [0.15, 0.2) is 11.2 Å². The highest BCUT2D eigenvalue weighted by Crippen LogP contribution is 2.20. The van der Waals surface area contributed by atoms with Crippen molar-refractivity contribution >= 4 is 10.0 Å². The van der Waals surface area contributed by atoms with Crippen molar-refractivity contribution in [2.45, 2.75) is 56.1 Å². The Morgan fingerprint density at radius 3 is 2.47 bits per heavy atom. The Morgan fingerprint density at radius 2 is 1.95 bits per heavy atom. The van der Waals surface area contributed by atoms with Gasteiger partial charge in [-0.2, -0.15) is 0 Å². The van der Waals surface area contributed by atoms with Crippen LogP contribution in [0.25, 0.3) is 0 Å². The first-order valence-corrected chi connectivity index (χ1v) is 8.27. The van der Waals surface area contributed by atoms with Crippen LogP contribution in [-0.4, -0.2) is 37.5 Å². The van der Waals surface area contributed by atoms with Gasteiger partial charge in [-0.25, -0.2) is 18.1 Å². The van der Waals surface area contributed by atoms with E-state index in [1.165, 1.54) is 6.20 Å². The van der Waals surface area contributed by atoms with Gasteiger partial charge in [0.2, 0.25) is 0 Å². The molecule has 0 bridgehead atoms. The fourth-order valence-corrected chi connectivity index (χ4v) is 3.69. The zero-order valence-corrected chi connectivity index (χ0v) is 12.3. The van der Waals surface area contributed by atoms with Gasteiger partial charge in [-0.05, 0) is 32.7 Å². The molecule has 6 nitrogen and oxygen atoms in total. The van der Waals surface area contributed by atoms with E-state index in [-0.39, 0.29) is 11.1 Å². The zero-order chi connectivity index (χ0) is 13.9. The summed E-state index contributed by atoms with van der Waals surface area (Å²) in [6.45, 7) is 1.93. The van der Waals surface area contributed by atoms with Crippen LogP contribution in [0.1, 0.15) is 38.4 Å². The topological polar surface area (TPSA) is 86.9 Å².